The molecule has 104 valence electrons. The van der Waals surface area contributed by atoms with Crippen molar-refractivity contribution in [2.24, 2.45) is 0 Å². The van der Waals surface area contributed by atoms with E-state index in [2.05, 4.69) is 36.1 Å². The highest BCUT2D eigenvalue weighted by Gasteiger charge is 2.06. The molecule has 1 aromatic rings. The lowest BCUT2D eigenvalue weighted by Crippen LogP contribution is -1.93. The molecule has 0 unspecified atom stereocenters. The third-order valence-electron chi connectivity index (χ3n) is 2.88. The van der Waals surface area contributed by atoms with E-state index in [9.17, 15) is 0 Å². The molecule has 0 aliphatic heterocycles. The lowest BCUT2D eigenvalue weighted by Gasteiger charge is -2.07. The summed E-state index contributed by atoms with van der Waals surface area (Å²) >= 11 is 4.36. The number of aryl methyl sites for hydroxylation is 1. The molecule has 0 aliphatic rings. The van der Waals surface area contributed by atoms with Crippen molar-refractivity contribution in [3.05, 3.63) is 35.4 Å². The molecule has 6 heteroatoms. The van der Waals surface area contributed by atoms with Crippen molar-refractivity contribution in [3.63, 3.8) is 0 Å². The van der Waals surface area contributed by atoms with Gasteiger partial charge in [0.05, 0.1) is 14.5 Å². The molecule has 0 spiro atoms. The van der Waals surface area contributed by atoms with Crippen LogP contribution in [0.4, 0.5) is 0 Å². The van der Waals surface area contributed by atoms with Gasteiger partial charge in [-0.1, -0.05) is 49.0 Å². The van der Waals surface area contributed by atoms with Gasteiger partial charge in [-0.25, -0.2) is 0 Å². The summed E-state index contributed by atoms with van der Waals surface area (Å²) in [4.78, 5) is 17.7. The van der Waals surface area contributed by atoms with Crippen molar-refractivity contribution >= 4 is 26.4 Å². The molecule has 0 heterocycles. The van der Waals surface area contributed by atoms with E-state index >= 15 is 0 Å². The fraction of sp³-hybridized carbons (Fsp3) is 0.538. The Hall–Kier alpha value is -0.185. The number of rotatable bonds is 9. The van der Waals surface area contributed by atoms with Crippen molar-refractivity contribution in [1.29, 1.82) is 0 Å². The van der Waals surface area contributed by atoms with E-state index in [4.69, 9.17) is 22.2 Å². The normalized spacial score (nSPS) is 11.7. The Kier molecular flexibility index (Phi) is 7.88. The van der Waals surface area contributed by atoms with E-state index in [0.717, 1.165) is 37.7 Å². The second-order valence-corrected chi connectivity index (χ2v) is 7.17. The van der Waals surface area contributed by atoms with Gasteiger partial charge in [-0.3, -0.25) is 0 Å². The molecule has 19 heavy (non-hydrogen) atoms. The number of hydrogen-bond acceptors (Lipinski definition) is 2. The largest absolute Gasteiger partial charge is 0.325 e. The molecule has 0 saturated heterocycles. The fourth-order valence-electron chi connectivity index (χ4n) is 1.81. The standard InChI is InChI=1S/C13H20BO3PS/c14-11-13-8-6-12(7-9-13)5-3-1-2-4-10-17-18(15,16)19/h6-9H,1-5,10-11H2,(H2,15,16,19). The molecule has 2 N–H and O–H groups in total. The van der Waals surface area contributed by atoms with Crippen LogP contribution < -0.4 is 0 Å². The molecule has 3 nitrogen and oxygen atoms in total. The Balaban J connectivity index is 2.05. The summed E-state index contributed by atoms with van der Waals surface area (Å²) in [5.41, 5.74) is 2.49. The molecule has 1 rings (SSSR count). The topological polar surface area (TPSA) is 49.7 Å². The van der Waals surface area contributed by atoms with Gasteiger partial charge in [0.25, 0.3) is 0 Å². The van der Waals surface area contributed by atoms with E-state index in [1.165, 1.54) is 5.56 Å². The maximum Gasteiger partial charge on any atom is 0.321 e. The van der Waals surface area contributed by atoms with Crippen molar-refractivity contribution < 1.29 is 14.3 Å². The molecular weight excluding hydrogens is 278 g/mol. The Bertz CT molecular complexity index is 405. The van der Waals surface area contributed by atoms with Gasteiger partial charge in [0.15, 0.2) is 0 Å². The van der Waals surface area contributed by atoms with Gasteiger partial charge in [-0.15, -0.1) is 0 Å². The van der Waals surface area contributed by atoms with Crippen LogP contribution in [0.15, 0.2) is 24.3 Å². The van der Waals surface area contributed by atoms with Gasteiger partial charge in [0, 0.05) is 0 Å². The quantitative estimate of drug-likeness (QED) is 0.418. The van der Waals surface area contributed by atoms with Crippen LogP contribution in [-0.4, -0.2) is 24.2 Å². The maximum absolute atomic E-state index is 8.86. The second kappa shape index (κ2) is 8.88. The van der Waals surface area contributed by atoms with Crippen LogP contribution in [0, 0.1) is 0 Å². The van der Waals surface area contributed by atoms with Crippen molar-refractivity contribution in [2.45, 2.75) is 38.4 Å². The molecule has 0 aromatic heterocycles. The predicted molar refractivity (Wildman–Crippen MR) is 82.7 cm³/mol. The minimum Gasteiger partial charge on any atom is -0.325 e. The molecule has 0 saturated carbocycles. The van der Waals surface area contributed by atoms with Crippen molar-refractivity contribution in [2.75, 3.05) is 6.61 Å². The summed E-state index contributed by atoms with van der Waals surface area (Å²) in [6.45, 7) is -3.13. The Morgan fingerprint density at radius 3 is 2.16 bits per heavy atom. The van der Waals surface area contributed by atoms with Gasteiger partial charge in [0.2, 0.25) is 0 Å². The first-order valence-electron chi connectivity index (χ1n) is 6.49. The van der Waals surface area contributed by atoms with Crippen molar-refractivity contribution in [3.8, 4) is 0 Å². The lowest BCUT2D eigenvalue weighted by atomic mass is 9.95. The number of hydrogen-bond donors (Lipinski definition) is 2. The highest BCUT2D eigenvalue weighted by molar-refractivity contribution is 8.06. The first-order valence-corrected chi connectivity index (χ1v) is 9.12. The molecule has 0 bridgehead atoms. The van der Waals surface area contributed by atoms with Crippen LogP contribution in [0.2, 0.25) is 0 Å². The summed E-state index contributed by atoms with van der Waals surface area (Å²) in [7, 11) is 5.55. The molecule has 0 fully saturated rings. The summed E-state index contributed by atoms with van der Waals surface area (Å²) in [5.74, 6) is 0. The lowest BCUT2D eigenvalue weighted by molar-refractivity contribution is 0.245. The van der Waals surface area contributed by atoms with Gasteiger partial charge >= 0.3 is 6.72 Å². The Labute approximate surface area is 121 Å². The number of unbranched alkanes of at least 4 members (excludes halogenated alkanes) is 3. The molecule has 0 atom stereocenters. The third-order valence-corrected chi connectivity index (χ3v) is 3.71. The van der Waals surface area contributed by atoms with Crippen LogP contribution >= 0.6 is 6.72 Å². The van der Waals surface area contributed by atoms with E-state index in [0.29, 0.717) is 12.9 Å². The molecular formula is C13H20BO3PS. The molecule has 0 amide bonds. The highest BCUT2D eigenvalue weighted by atomic mass is 32.5. The SMILES string of the molecule is [B]Cc1ccc(CCCCCCOP(O)(O)=S)cc1. The zero-order valence-electron chi connectivity index (χ0n) is 11.0. The van der Waals surface area contributed by atoms with Crippen LogP contribution in [0.5, 0.6) is 0 Å². The zero-order valence-corrected chi connectivity index (χ0v) is 12.7. The summed E-state index contributed by atoms with van der Waals surface area (Å²) < 4.78 is 4.74. The first-order chi connectivity index (χ1) is 9.01. The average Bonchev–Trinajstić information content (AvgIpc) is 2.37. The van der Waals surface area contributed by atoms with Crippen LogP contribution in [0.1, 0.15) is 36.8 Å². The van der Waals surface area contributed by atoms with Crippen LogP contribution in [-0.2, 0) is 29.1 Å². The van der Waals surface area contributed by atoms with Gasteiger partial charge in [0.1, 0.15) is 0 Å². The van der Waals surface area contributed by atoms with Gasteiger partial charge in [-0.05, 0) is 36.6 Å². The van der Waals surface area contributed by atoms with E-state index in [1.54, 1.807) is 0 Å². The molecule has 2 radical (unpaired) electrons. The van der Waals surface area contributed by atoms with Crippen LogP contribution in [0.25, 0.3) is 0 Å². The number of benzene rings is 1. The van der Waals surface area contributed by atoms with E-state index < -0.39 is 6.72 Å². The third kappa shape index (κ3) is 8.56. The van der Waals surface area contributed by atoms with Crippen LogP contribution in [0.3, 0.4) is 0 Å². The smallest absolute Gasteiger partial charge is 0.321 e. The fourth-order valence-corrected chi connectivity index (χ4v) is 2.40. The first kappa shape index (κ1) is 16.9. The summed E-state index contributed by atoms with van der Waals surface area (Å²) in [5, 5.41) is 0. The minimum absolute atomic E-state index is 0.329. The predicted octanol–water partition coefficient (Wildman–Crippen LogP) is 2.68. The minimum atomic E-state index is -3.45. The van der Waals surface area contributed by atoms with E-state index in [-0.39, 0.29) is 0 Å². The highest BCUT2D eigenvalue weighted by Crippen LogP contribution is 2.36. The maximum atomic E-state index is 8.86. The zero-order chi connectivity index (χ0) is 14.1. The van der Waals surface area contributed by atoms with Crippen molar-refractivity contribution in [1.82, 2.24) is 0 Å². The molecule has 1 aromatic carbocycles. The second-order valence-electron chi connectivity index (χ2n) is 4.51. The molecule has 0 aliphatic carbocycles. The Morgan fingerprint density at radius 2 is 1.58 bits per heavy atom. The summed E-state index contributed by atoms with van der Waals surface area (Å²) in [6, 6.07) is 8.38. The summed E-state index contributed by atoms with van der Waals surface area (Å²) in [6.07, 6.45) is 5.69. The van der Waals surface area contributed by atoms with E-state index in [1.807, 2.05) is 0 Å². The van der Waals surface area contributed by atoms with Gasteiger partial charge in [-0.2, -0.15) is 0 Å². The Morgan fingerprint density at radius 1 is 1.00 bits per heavy atom. The monoisotopic (exact) mass is 298 g/mol. The average molecular weight is 298 g/mol. The van der Waals surface area contributed by atoms with Gasteiger partial charge < -0.3 is 14.3 Å².